The maximum absolute atomic E-state index is 12.6. The number of aromatic hydroxyl groups is 1. The molecule has 1 heterocycles. The summed E-state index contributed by atoms with van der Waals surface area (Å²) in [7, 11) is 1.57. The molecule has 1 saturated heterocycles. The Morgan fingerprint density at radius 2 is 1.93 bits per heavy atom. The Hall–Kier alpha value is -3.33. The molecule has 0 bridgehead atoms. The Morgan fingerprint density at radius 3 is 2.54 bits per heavy atom. The molecule has 3 rings (SSSR count). The molecule has 0 saturated carbocycles. The number of nitrogens with zero attached hydrogens (tertiary/aromatic N) is 3. The summed E-state index contributed by atoms with van der Waals surface area (Å²) in [6.45, 7) is 0. The van der Waals surface area contributed by atoms with Crippen molar-refractivity contribution in [2.24, 2.45) is 10.2 Å². The van der Waals surface area contributed by atoms with Crippen LogP contribution in [0, 0.1) is 0 Å². The minimum absolute atomic E-state index is 0.0466. The normalized spacial score (nSPS) is 18.2. The van der Waals surface area contributed by atoms with Crippen molar-refractivity contribution >= 4 is 40.7 Å². The molecule has 0 aliphatic carbocycles. The minimum atomic E-state index is -1.32. The first-order valence-electron chi connectivity index (χ1n) is 8.22. The predicted molar refractivity (Wildman–Crippen MR) is 105 cm³/mol. The van der Waals surface area contributed by atoms with Crippen LogP contribution in [0.5, 0.6) is 11.5 Å². The molecular formula is C19H16N3O5S-. The van der Waals surface area contributed by atoms with E-state index in [1.54, 1.807) is 31.4 Å². The number of carbonyl (C=O) groups is 2. The number of hydrogen-bond donors (Lipinski definition) is 1. The number of phenolic OH excluding ortho intramolecular Hbond substituents is 1. The third-order valence-corrected chi connectivity index (χ3v) is 4.99. The molecule has 1 atom stereocenters. The zero-order chi connectivity index (χ0) is 20.1. The van der Waals surface area contributed by atoms with Crippen LogP contribution in [0.25, 0.3) is 0 Å². The van der Waals surface area contributed by atoms with Gasteiger partial charge in [-0.1, -0.05) is 11.8 Å². The highest BCUT2D eigenvalue weighted by Gasteiger charge is 2.39. The van der Waals surface area contributed by atoms with Gasteiger partial charge in [0.1, 0.15) is 11.5 Å². The number of benzene rings is 2. The number of anilines is 1. The van der Waals surface area contributed by atoms with Crippen molar-refractivity contribution in [1.29, 1.82) is 0 Å². The molecule has 0 radical (unpaired) electrons. The number of rotatable bonds is 6. The van der Waals surface area contributed by atoms with E-state index in [1.165, 1.54) is 35.4 Å². The molecule has 2 aromatic carbocycles. The summed E-state index contributed by atoms with van der Waals surface area (Å²) in [4.78, 5) is 24.9. The number of aliphatic carboxylic acids is 1. The fraction of sp³-hybridized carbons (Fsp3) is 0.158. The fourth-order valence-electron chi connectivity index (χ4n) is 2.49. The first kappa shape index (κ1) is 19.4. The lowest BCUT2D eigenvalue weighted by atomic mass is 10.2. The lowest BCUT2D eigenvalue weighted by molar-refractivity contribution is -0.305. The summed E-state index contributed by atoms with van der Waals surface area (Å²) in [6.07, 6.45) is 1.08. The maximum atomic E-state index is 12.6. The Kier molecular flexibility index (Phi) is 5.95. The second kappa shape index (κ2) is 8.57. The Morgan fingerprint density at radius 1 is 1.25 bits per heavy atom. The highest BCUT2D eigenvalue weighted by Crippen LogP contribution is 2.34. The molecule has 144 valence electrons. The molecule has 2 aromatic rings. The number of carboxylic acids is 1. The number of amidine groups is 1. The highest BCUT2D eigenvalue weighted by molar-refractivity contribution is 8.16. The number of methoxy groups -OCH3 is 1. The van der Waals surface area contributed by atoms with Crippen LogP contribution in [0.4, 0.5) is 5.69 Å². The molecular weight excluding hydrogens is 382 g/mol. The average molecular weight is 398 g/mol. The van der Waals surface area contributed by atoms with Crippen molar-refractivity contribution in [2.45, 2.75) is 11.7 Å². The number of carboxylic acid groups (broad SMARTS) is 1. The summed E-state index contributed by atoms with van der Waals surface area (Å²) in [5.41, 5.74) is 1.23. The molecule has 1 N–H and O–H groups in total. The summed E-state index contributed by atoms with van der Waals surface area (Å²) in [6, 6.07) is 13.1. The van der Waals surface area contributed by atoms with Gasteiger partial charge >= 0.3 is 0 Å². The van der Waals surface area contributed by atoms with Crippen molar-refractivity contribution in [3.63, 3.8) is 0 Å². The van der Waals surface area contributed by atoms with E-state index in [0.717, 1.165) is 17.3 Å². The number of hydrogen-bond acceptors (Lipinski definition) is 8. The largest absolute Gasteiger partial charge is 0.550 e. The Balaban J connectivity index is 1.86. The SMILES string of the molecule is COc1ccc(/C=N\N=C2/S[C@@H](CC(=O)[O-])C(=O)N2c2ccc(O)cc2)cc1. The average Bonchev–Trinajstić information content (AvgIpc) is 2.98. The van der Waals surface area contributed by atoms with E-state index in [4.69, 9.17) is 4.74 Å². The zero-order valence-electron chi connectivity index (χ0n) is 14.8. The van der Waals surface area contributed by atoms with Gasteiger partial charge in [0.2, 0.25) is 5.91 Å². The molecule has 0 aromatic heterocycles. The quantitative estimate of drug-likeness (QED) is 0.581. The van der Waals surface area contributed by atoms with E-state index >= 15 is 0 Å². The second-order valence-electron chi connectivity index (χ2n) is 5.77. The van der Waals surface area contributed by atoms with Gasteiger partial charge in [-0.25, -0.2) is 0 Å². The lowest BCUT2D eigenvalue weighted by Gasteiger charge is -2.16. The van der Waals surface area contributed by atoms with Gasteiger partial charge in [0.15, 0.2) is 5.17 Å². The van der Waals surface area contributed by atoms with Crippen LogP contribution in [0.2, 0.25) is 0 Å². The van der Waals surface area contributed by atoms with Crippen LogP contribution in [-0.4, -0.2) is 40.7 Å². The van der Waals surface area contributed by atoms with Crippen LogP contribution in [0.3, 0.4) is 0 Å². The van der Waals surface area contributed by atoms with Gasteiger partial charge in [0, 0.05) is 12.4 Å². The van der Waals surface area contributed by atoms with Gasteiger partial charge in [0.25, 0.3) is 0 Å². The molecule has 0 unspecified atom stereocenters. The number of thioether (sulfide) groups is 1. The molecule has 1 amide bonds. The van der Waals surface area contributed by atoms with Crippen LogP contribution in [-0.2, 0) is 9.59 Å². The van der Waals surface area contributed by atoms with Gasteiger partial charge in [-0.2, -0.15) is 5.10 Å². The maximum Gasteiger partial charge on any atom is 0.247 e. The van der Waals surface area contributed by atoms with E-state index in [9.17, 15) is 19.8 Å². The van der Waals surface area contributed by atoms with E-state index < -0.39 is 23.5 Å². The van der Waals surface area contributed by atoms with Crippen molar-refractivity contribution in [1.82, 2.24) is 0 Å². The van der Waals surface area contributed by atoms with E-state index in [2.05, 4.69) is 10.2 Å². The van der Waals surface area contributed by atoms with Crippen molar-refractivity contribution < 1.29 is 24.5 Å². The Labute approximate surface area is 165 Å². The molecule has 8 nitrogen and oxygen atoms in total. The minimum Gasteiger partial charge on any atom is -0.550 e. The van der Waals surface area contributed by atoms with Crippen molar-refractivity contribution in [3.05, 3.63) is 54.1 Å². The van der Waals surface area contributed by atoms with Crippen LogP contribution < -0.4 is 14.7 Å². The molecule has 1 aliphatic heterocycles. The molecule has 1 aliphatic rings. The highest BCUT2D eigenvalue weighted by atomic mass is 32.2. The van der Waals surface area contributed by atoms with Gasteiger partial charge in [-0.05, 0) is 54.1 Å². The number of phenols is 1. The standard InChI is InChI=1S/C19H17N3O5S/c1-27-15-8-2-12(3-9-15)11-20-21-19-22(13-4-6-14(23)7-5-13)18(26)16(28-19)10-17(24)25/h2-9,11,16,23H,10H2,1H3,(H,24,25)/p-1/b20-11-,21-19-/t16-/m0/s1. The Bertz CT molecular complexity index is 926. The van der Waals surface area contributed by atoms with Crippen LogP contribution >= 0.6 is 11.8 Å². The van der Waals surface area contributed by atoms with Crippen molar-refractivity contribution in [3.8, 4) is 11.5 Å². The number of carbonyl (C=O) groups excluding carboxylic acids is 2. The summed E-state index contributed by atoms with van der Waals surface area (Å²) < 4.78 is 5.09. The summed E-state index contributed by atoms with van der Waals surface area (Å²) in [5.74, 6) is -0.993. The van der Waals surface area contributed by atoms with E-state index in [0.29, 0.717) is 11.4 Å². The summed E-state index contributed by atoms with van der Waals surface area (Å²) in [5, 5.41) is 27.9. The number of ether oxygens (including phenoxy) is 1. The van der Waals surface area contributed by atoms with Gasteiger partial charge < -0.3 is 19.7 Å². The smallest absolute Gasteiger partial charge is 0.247 e. The third kappa shape index (κ3) is 4.49. The van der Waals surface area contributed by atoms with E-state index in [1.807, 2.05) is 0 Å². The van der Waals surface area contributed by atoms with Gasteiger partial charge in [0.05, 0.1) is 24.3 Å². The fourth-order valence-corrected chi connectivity index (χ4v) is 3.57. The molecule has 0 spiro atoms. The van der Waals surface area contributed by atoms with Crippen LogP contribution in [0.1, 0.15) is 12.0 Å². The van der Waals surface area contributed by atoms with E-state index in [-0.39, 0.29) is 10.9 Å². The third-order valence-electron chi connectivity index (χ3n) is 3.86. The van der Waals surface area contributed by atoms with Gasteiger partial charge in [-0.15, -0.1) is 5.10 Å². The predicted octanol–water partition coefficient (Wildman–Crippen LogP) is 1.38. The lowest BCUT2D eigenvalue weighted by Crippen LogP contribution is -2.35. The zero-order valence-corrected chi connectivity index (χ0v) is 15.6. The first-order chi connectivity index (χ1) is 13.5. The monoisotopic (exact) mass is 398 g/mol. The van der Waals surface area contributed by atoms with Gasteiger partial charge in [-0.3, -0.25) is 9.69 Å². The number of amides is 1. The first-order valence-corrected chi connectivity index (χ1v) is 9.10. The van der Waals surface area contributed by atoms with Crippen LogP contribution in [0.15, 0.2) is 58.7 Å². The molecule has 1 fully saturated rings. The molecule has 9 heteroatoms. The van der Waals surface area contributed by atoms with Crippen molar-refractivity contribution in [2.75, 3.05) is 12.0 Å². The molecule has 28 heavy (non-hydrogen) atoms. The summed E-state index contributed by atoms with van der Waals surface area (Å²) >= 11 is 1.00. The second-order valence-corrected chi connectivity index (χ2v) is 6.94. The topological polar surface area (TPSA) is 115 Å².